The maximum atomic E-state index is 13.6. The molecule has 3 aromatic heterocycles. The van der Waals surface area contributed by atoms with Gasteiger partial charge >= 0.3 is 0 Å². The fourth-order valence-electron chi connectivity index (χ4n) is 2.57. The number of aryl methyl sites for hydroxylation is 1. The van der Waals surface area contributed by atoms with Gasteiger partial charge in [-0.3, -0.25) is 18.6 Å². The third kappa shape index (κ3) is 3.08. The molecule has 11 heteroatoms. The van der Waals surface area contributed by atoms with Gasteiger partial charge in [0.1, 0.15) is 16.3 Å². The van der Waals surface area contributed by atoms with Gasteiger partial charge in [0, 0.05) is 13.1 Å². The lowest BCUT2D eigenvalue weighted by molar-refractivity contribution is -0.113. The first-order chi connectivity index (χ1) is 13.0. The summed E-state index contributed by atoms with van der Waals surface area (Å²) in [5, 5.41) is 12.7. The number of nitrogens with zero attached hydrogens (tertiary/aromatic N) is 4. The number of hydrogen-bond acceptors (Lipinski definition) is 6. The third-order valence-corrected chi connectivity index (χ3v) is 5.66. The summed E-state index contributed by atoms with van der Waals surface area (Å²) < 4.78 is 30.2. The van der Waals surface area contributed by atoms with E-state index in [0.29, 0.717) is 27.2 Å². The molecule has 4 aromatic rings. The van der Waals surface area contributed by atoms with Gasteiger partial charge < -0.3 is 5.32 Å². The Bertz CT molecular complexity index is 1250. The van der Waals surface area contributed by atoms with Crippen molar-refractivity contribution in [3.63, 3.8) is 0 Å². The number of carbonyl (C=O) groups is 1. The Balaban J connectivity index is 1.59. The van der Waals surface area contributed by atoms with E-state index in [1.54, 1.807) is 22.9 Å². The van der Waals surface area contributed by atoms with E-state index in [1.165, 1.54) is 15.9 Å². The van der Waals surface area contributed by atoms with Crippen molar-refractivity contribution < 1.29 is 13.6 Å². The van der Waals surface area contributed by atoms with Crippen LogP contribution in [0.4, 0.5) is 14.5 Å². The van der Waals surface area contributed by atoms with Gasteiger partial charge in [-0.25, -0.2) is 8.78 Å². The Morgan fingerprint density at radius 2 is 2.11 bits per heavy atom. The van der Waals surface area contributed by atoms with Crippen LogP contribution in [0, 0.1) is 11.6 Å². The lowest BCUT2D eigenvalue weighted by Crippen LogP contribution is -2.19. The standard InChI is InChI=1S/C16H11F2N5O2S2/c1-22-14(25)13-11(4-5-26-13)23-15(22)20-21-16(23)27-7-12(24)19-10-3-2-8(17)6-9(10)18/h2-6H,7H2,1H3,(H,19,24). The van der Waals surface area contributed by atoms with E-state index in [1.807, 2.05) is 0 Å². The number of anilines is 1. The fraction of sp³-hybridized carbons (Fsp3) is 0.125. The van der Waals surface area contributed by atoms with Crippen molar-refractivity contribution in [2.45, 2.75) is 5.16 Å². The quantitative estimate of drug-likeness (QED) is 0.526. The molecule has 0 saturated carbocycles. The van der Waals surface area contributed by atoms with Crippen molar-refractivity contribution in [2.24, 2.45) is 7.05 Å². The number of rotatable bonds is 4. The van der Waals surface area contributed by atoms with E-state index < -0.39 is 17.5 Å². The Hall–Kier alpha value is -2.79. The largest absolute Gasteiger partial charge is 0.323 e. The zero-order valence-corrected chi connectivity index (χ0v) is 15.4. The number of benzene rings is 1. The summed E-state index contributed by atoms with van der Waals surface area (Å²) in [5.41, 5.74) is 0.396. The number of thioether (sulfide) groups is 1. The minimum atomic E-state index is -0.851. The zero-order valence-electron chi connectivity index (χ0n) is 13.8. The Labute approximate surface area is 158 Å². The normalized spacial score (nSPS) is 11.4. The first kappa shape index (κ1) is 17.6. The maximum Gasteiger partial charge on any atom is 0.272 e. The molecule has 27 heavy (non-hydrogen) atoms. The molecule has 4 rings (SSSR count). The number of aromatic nitrogens is 4. The minimum absolute atomic E-state index is 0.0634. The monoisotopic (exact) mass is 407 g/mol. The predicted molar refractivity (Wildman–Crippen MR) is 99.3 cm³/mol. The van der Waals surface area contributed by atoms with Crippen molar-refractivity contribution >= 4 is 50.7 Å². The van der Waals surface area contributed by atoms with E-state index >= 15 is 0 Å². The van der Waals surface area contributed by atoms with Crippen molar-refractivity contribution in [2.75, 3.05) is 11.1 Å². The summed E-state index contributed by atoms with van der Waals surface area (Å²) in [4.78, 5) is 24.4. The van der Waals surface area contributed by atoms with Crippen molar-refractivity contribution in [1.29, 1.82) is 0 Å². The molecular formula is C16H11F2N5O2S2. The summed E-state index contributed by atoms with van der Waals surface area (Å²) >= 11 is 2.41. The average Bonchev–Trinajstić information content (AvgIpc) is 3.27. The molecule has 1 aromatic carbocycles. The number of fused-ring (bicyclic) bond motifs is 3. The van der Waals surface area contributed by atoms with Gasteiger partial charge in [0.05, 0.1) is 17.0 Å². The molecule has 0 bridgehead atoms. The number of nitrogens with one attached hydrogen (secondary N) is 1. The Kier molecular flexibility index (Phi) is 4.40. The summed E-state index contributed by atoms with van der Waals surface area (Å²) in [6.45, 7) is 0. The maximum absolute atomic E-state index is 13.6. The zero-order chi connectivity index (χ0) is 19.1. The Morgan fingerprint density at radius 1 is 1.30 bits per heavy atom. The lowest BCUT2D eigenvalue weighted by atomic mass is 10.3. The first-order valence-electron chi connectivity index (χ1n) is 7.64. The van der Waals surface area contributed by atoms with Crippen LogP contribution in [0.3, 0.4) is 0 Å². The molecule has 0 aliphatic rings. The van der Waals surface area contributed by atoms with Crippen molar-refractivity contribution in [3.8, 4) is 0 Å². The van der Waals surface area contributed by atoms with Crippen LogP contribution in [0.5, 0.6) is 0 Å². The fourth-order valence-corrected chi connectivity index (χ4v) is 4.16. The van der Waals surface area contributed by atoms with Crippen LogP contribution < -0.4 is 10.9 Å². The molecule has 1 N–H and O–H groups in total. The van der Waals surface area contributed by atoms with Crippen molar-refractivity contribution in [1.82, 2.24) is 19.2 Å². The number of carbonyl (C=O) groups excluding carboxylic acids is 1. The van der Waals surface area contributed by atoms with Gasteiger partial charge in [0.15, 0.2) is 5.16 Å². The molecule has 0 saturated heterocycles. The summed E-state index contributed by atoms with van der Waals surface area (Å²) in [5.74, 6) is -1.75. The number of amides is 1. The molecule has 0 radical (unpaired) electrons. The van der Waals surface area contributed by atoms with Crippen LogP contribution in [0.15, 0.2) is 39.6 Å². The van der Waals surface area contributed by atoms with Crippen LogP contribution in [0.1, 0.15) is 0 Å². The summed E-state index contributed by atoms with van der Waals surface area (Å²) in [6.07, 6.45) is 0. The second kappa shape index (κ2) is 6.74. The lowest BCUT2D eigenvalue weighted by Gasteiger charge is -2.07. The number of thiophene rings is 1. The van der Waals surface area contributed by atoms with Crippen LogP contribution in [-0.2, 0) is 11.8 Å². The van der Waals surface area contributed by atoms with E-state index in [0.717, 1.165) is 23.9 Å². The highest BCUT2D eigenvalue weighted by Gasteiger charge is 2.17. The minimum Gasteiger partial charge on any atom is -0.323 e. The predicted octanol–water partition coefficient (Wildman–Crippen LogP) is 2.65. The number of hydrogen-bond donors (Lipinski definition) is 1. The van der Waals surface area contributed by atoms with Gasteiger partial charge in [-0.2, -0.15) is 0 Å². The topological polar surface area (TPSA) is 81.3 Å². The molecule has 0 aliphatic carbocycles. The molecule has 1 amide bonds. The molecule has 0 atom stereocenters. The van der Waals surface area contributed by atoms with Gasteiger partial charge in [-0.1, -0.05) is 11.8 Å². The molecular weight excluding hydrogens is 396 g/mol. The molecule has 3 heterocycles. The molecule has 7 nitrogen and oxygen atoms in total. The summed E-state index contributed by atoms with van der Waals surface area (Å²) in [6, 6.07) is 4.70. The van der Waals surface area contributed by atoms with Crippen LogP contribution in [0.2, 0.25) is 0 Å². The first-order valence-corrected chi connectivity index (χ1v) is 9.51. The third-order valence-electron chi connectivity index (χ3n) is 3.84. The average molecular weight is 407 g/mol. The SMILES string of the molecule is Cn1c(=O)c2sccc2n2c(SCC(=O)Nc3ccc(F)cc3F)nnc12. The highest BCUT2D eigenvalue weighted by molar-refractivity contribution is 7.99. The highest BCUT2D eigenvalue weighted by Crippen LogP contribution is 2.24. The molecule has 138 valence electrons. The van der Waals surface area contributed by atoms with Crippen molar-refractivity contribution in [3.05, 3.63) is 51.6 Å². The van der Waals surface area contributed by atoms with Gasteiger partial charge in [-0.15, -0.1) is 21.5 Å². The van der Waals surface area contributed by atoms with E-state index in [9.17, 15) is 18.4 Å². The van der Waals surface area contributed by atoms with Crippen LogP contribution >= 0.6 is 23.1 Å². The van der Waals surface area contributed by atoms with Gasteiger partial charge in [0.25, 0.3) is 5.56 Å². The van der Waals surface area contributed by atoms with Crippen LogP contribution in [-0.4, -0.2) is 30.8 Å². The van der Waals surface area contributed by atoms with Crippen LogP contribution in [0.25, 0.3) is 16.0 Å². The number of halogens is 2. The molecule has 0 fully saturated rings. The van der Waals surface area contributed by atoms with E-state index in [2.05, 4.69) is 15.5 Å². The molecule has 0 unspecified atom stereocenters. The highest BCUT2D eigenvalue weighted by atomic mass is 32.2. The second-order valence-electron chi connectivity index (χ2n) is 5.58. The van der Waals surface area contributed by atoms with Gasteiger partial charge in [0.2, 0.25) is 11.7 Å². The summed E-state index contributed by atoms with van der Waals surface area (Å²) in [7, 11) is 1.60. The van der Waals surface area contributed by atoms with E-state index in [4.69, 9.17) is 0 Å². The van der Waals surface area contributed by atoms with Gasteiger partial charge in [-0.05, 0) is 23.6 Å². The van der Waals surface area contributed by atoms with E-state index in [-0.39, 0.29) is 17.0 Å². The second-order valence-corrected chi connectivity index (χ2v) is 7.44. The molecule has 0 spiro atoms. The Morgan fingerprint density at radius 3 is 2.89 bits per heavy atom. The smallest absolute Gasteiger partial charge is 0.272 e. The molecule has 0 aliphatic heterocycles.